The Morgan fingerprint density at radius 3 is 2.71 bits per heavy atom. The first kappa shape index (κ1) is 15.7. The zero-order chi connectivity index (χ0) is 14.9. The molecule has 0 aromatic heterocycles. The summed E-state index contributed by atoms with van der Waals surface area (Å²) in [6.45, 7) is 3.61. The molecule has 1 aliphatic carbocycles. The molecule has 3 aliphatic rings. The minimum absolute atomic E-state index is 0.155. The number of nitrogens with one attached hydrogen (secondary N) is 1. The van der Waals surface area contributed by atoms with Crippen LogP contribution in [0, 0.1) is 5.41 Å². The summed E-state index contributed by atoms with van der Waals surface area (Å²) in [7, 11) is -0.723. The van der Waals surface area contributed by atoms with Gasteiger partial charge in [-0.05, 0) is 39.2 Å². The van der Waals surface area contributed by atoms with E-state index in [4.69, 9.17) is 4.74 Å². The van der Waals surface area contributed by atoms with Gasteiger partial charge < -0.3 is 15.0 Å². The van der Waals surface area contributed by atoms with Crippen LogP contribution in [0.15, 0.2) is 0 Å². The second-order valence-electron chi connectivity index (χ2n) is 7.28. The van der Waals surface area contributed by atoms with Gasteiger partial charge in [0.25, 0.3) is 0 Å². The van der Waals surface area contributed by atoms with Crippen molar-refractivity contribution in [2.45, 2.75) is 44.2 Å². The van der Waals surface area contributed by atoms with E-state index in [1.165, 1.54) is 19.3 Å². The molecule has 1 N–H and O–H groups in total. The summed E-state index contributed by atoms with van der Waals surface area (Å²) in [6, 6.07) is 0.899. The number of hydrogen-bond acceptors (Lipinski definition) is 5. The molecule has 2 atom stereocenters. The molecular weight excluding hydrogens is 288 g/mol. The van der Waals surface area contributed by atoms with Crippen LogP contribution in [-0.2, 0) is 14.6 Å². The Labute approximate surface area is 128 Å². The molecule has 21 heavy (non-hydrogen) atoms. The van der Waals surface area contributed by atoms with Crippen LogP contribution in [0.4, 0.5) is 0 Å². The second kappa shape index (κ2) is 6.14. The Bertz CT molecular complexity index is 456. The van der Waals surface area contributed by atoms with Crippen molar-refractivity contribution < 1.29 is 13.2 Å². The van der Waals surface area contributed by atoms with Gasteiger partial charge in [-0.3, -0.25) is 0 Å². The first-order chi connectivity index (χ1) is 9.98. The molecule has 0 radical (unpaired) electrons. The van der Waals surface area contributed by atoms with Gasteiger partial charge >= 0.3 is 0 Å². The molecule has 0 aromatic rings. The predicted molar refractivity (Wildman–Crippen MR) is 83.2 cm³/mol. The van der Waals surface area contributed by atoms with E-state index < -0.39 is 9.84 Å². The smallest absolute Gasteiger partial charge is 0.151 e. The molecule has 5 nitrogen and oxygen atoms in total. The summed E-state index contributed by atoms with van der Waals surface area (Å²) in [5.41, 5.74) is 0.155. The lowest BCUT2D eigenvalue weighted by molar-refractivity contribution is -0.0271. The molecule has 2 heterocycles. The van der Waals surface area contributed by atoms with Crippen molar-refractivity contribution in [3.8, 4) is 0 Å². The fourth-order valence-electron chi connectivity index (χ4n) is 3.66. The molecule has 6 heteroatoms. The van der Waals surface area contributed by atoms with Gasteiger partial charge in [0.2, 0.25) is 0 Å². The van der Waals surface area contributed by atoms with Crippen LogP contribution in [0.25, 0.3) is 0 Å². The highest BCUT2D eigenvalue weighted by Crippen LogP contribution is 2.32. The SMILES string of the molecule is CN(CC1(CNC2CC2)CCCOC1)C1CCS(=O)(=O)C1. The fraction of sp³-hybridized carbons (Fsp3) is 1.00. The van der Waals surface area contributed by atoms with Crippen LogP contribution in [0.1, 0.15) is 32.1 Å². The van der Waals surface area contributed by atoms with Crippen molar-refractivity contribution in [3.63, 3.8) is 0 Å². The van der Waals surface area contributed by atoms with E-state index in [-0.39, 0.29) is 11.5 Å². The molecule has 0 amide bonds. The maximum absolute atomic E-state index is 11.7. The van der Waals surface area contributed by atoms with Gasteiger partial charge in [-0.15, -0.1) is 0 Å². The van der Waals surface area contributed by atoms with E-state index in [1.54, 1.807) is 0 Å². The molecule has 0 spiro atoms. The summed E-state index contributed by atoms with van der Waals surface area (Å²) >= 11 is 0. The summed E-state index contributed by atoms with van der Waals surface area (Å²) in [6.07, 6.45) is 5.67. The van der Waals surface area contributed by atoms with Gasteiger partial charge in [0.15, 0.2) is 9.84 Å². The molecule has 122 valence electrons. The Hall–Kier alpha value is -0.170. The number of nitrogens with zero attached hydrogens (tertiary/aromatic N) is 1. The van der Waals surface area contributed by atoms with Gasteiger partial charge in [-0.2, -0.15) is 0 Å². The van der Waals surface area contributed by atoms with Gasteiger partial charge in [-0.1, -0.05) is 0 Å². The second-order valence-corrected chi connectivity index (χ2v) is 9.51. The highest BCUT2D eigenvalue weighted by atomic mass is 32.2. The predicted octanol–water partition coefficient (Wildman–Crippen LogP) is 0.654. The van der Waals surface area contributed by atoms with Crippen molar-refractivity contribution in [2.75, 3.05) is 44.9 Å². The van der Waals surface area contributed by atoms with Gasteiger partial charge in [0.05, 0.1) is 18.1 Å². The van der Waals surface area contributed by atoms with E-state index in [1.807, 2.05) is 0 Å². The standard InChI is InChI=1S/C15H28N2O3S/c1-17(14-5-8-21(18,19)9-14)11-15(6-2-7-20-12-15)10-16-13-3-4-13/h13-14,16H,2-12H2,1H3. The van der Waals surface area contributed by atoms with Crippen molar-refractivity contribution in [3.05, 3.63) is 0 Å². The van der Waals surface area contributed by atoms with Gasteiger partial charge in [-0.25, -0.2) is 8.42 Å². The lowest BCUT2D eigenvalue weighted by Crippen LogP contribution is -2.50. The summed E-state index contributed by atoms with van der Waals surface area (Å²) < 4.78 is 29.1. The Morgan fingerprint density at radius 2 is 2.14 bits per heavy atom. The molecule has 3 rings (SSSR count). The zero-order valence-corrected chi connectivity index (χ0v) is 13.8. The number of ether oxygens (including phenoxy) is 1. The Balaban J connectivity index is 1.59. The Kier molecular flexibility index (Phi) is 4.60. The monoisotopic (exact) mass is 316 g/mol. The van der Waals surface area contributed by atoms with Crippen LogP contribution in [-0.4, -0.2) is 70.3 Å². The molecule has 2 saturated heterocycles. The molecule has 0 aromatic carbocycles. The first-order valence-electron chi connectivity index (χ1n) is 8.20. The maximum atomic E-state index is 11.7. The average Bonchev–Trinajstić information content (AvgIpc) is 3.20. The summed E-state index contributed by atoms with van der Waals surface area (Å²) in [4.78, 5) is 2.27. The van der Waals surface area contributed by atoms with Crippen LogP contribution in [0.2, 0.25) is 0 Å². The van der Waals surface area contributed by atoms with Crippen molar-refractivity contribution in [1.82, 2.24) is 10.2 Å². The summed E-state index contributed by atoms with van der Waals surface area (Å²) in [5.74, 6) is 0.683. The van der Waals surface area contributed by atoms with E-state index in [0.29, 0.717) is 17.5 Å². The van der Waals surface area contributed by atoms with Crippen LogP contribution in [0.5, 0.6) is 0 Å². The molecular formula is C15H28N2O3S. The third kappa shape index (κ3) is 4.18. The van der Waals surface area contributed by atoms with Crippen LogP contribution in [0.3, 0.4) is 0 Å². The molecule has 3 fully saturated rings. The van der Waals surface area contributed by atoms with E-state index >= 15 is 0 Å². The van der Waals surface area contributed by atoms with Crippen molar-refractivity contribution >= 4 is 9.84 Å². The molecule has 0 bridgehead atoms. The fourth-order valence-corrected chi connectivity index (χ4v) is 5.46. The third-order valence-electron chi connectivity index (χ3n) is 5.16. The number of rotatable bonds is 6. The van der Waals surface area contributed by atoms with Crippen LogP contribution >= 0.6 is 0 Å². The number of hydrogen-bond donors (Lipinski definition) is 1. The van der Waals surface area contributed by atoms with Crippen molar-refractivity contribution in [2.24, 2.45) is 5.41 Å². The topological polar surface area (TPSA) is 58.6 Å². The quantitative estimate of drug-likeness (QED) is 0.780. The van der Waals surface area contributed by atoms with Gasteiger partial charge in [0.1, 0.15) is 0 Å². The highest BCUT2D eigenvalue weighted by molar-refractivity contribution is 7.91. The normalized spacial score (nSPS) is 36.2. The van der Waals surface area contributed by atoms with Gasteiger partial charge in [0, 0.05) is 37.2 Å². The van der Waals surface area contributed by atoms with E-state index in [0.717, 1.165) is 39.1 Å². The molecule has 2 unspecified atom stereocenters. The lowest BCUT2D eigenvalue weighted by atomic mass is 9.81. The van der Waals surface area contributed by atoms with E-state index in [9.17, 15) is 8.42 Å². The summed E-state index contributed by atoms with van der Waals surface area (Å²) in [5, 5.41) is 3.65. The first-order valence-corrected chi connectivity index (χ1v) is 10.0. The minimum Gasteiger partial charge on any atom is -0.381 e. The highest BCUT2D eigenvalue weighted by Gasteiger charge is 2.39. The maximum Gasteiger partial charge on any atom is 0.151 e. The largest absolute Gasteiger partial charge is 0.381 e. The average molecular weight is 316 g/mol. The van der Waals surface area contributed by atoms with Crippen molar-refractivity contribution in [1.29, 1.82) is 0 Å². The Morgan fingerprint density at radius 1 is 1.33 bits per heavy atom. The third-order valence-corrected chi connectivity index (χ3v) is 6.91. The minimum atomic E-state index is -2.81. The van der Waals surface area contributed by atoms with Crippen LogP contribution < -0.4 is 5.32 Å². The molecule has 2 aliphatic heterocycles. The number of sulfone groups is 1. The lowest BCUT2D eigenvalue weighted by Gasteiger charge is -2.41. The zero-order valence-electron chi connectivity index (χ0n) is 13.0. The van der Waals surface area contributed by atoms with E-state index in [2.05, 4.69) is 17.3 Å². The molecule has 1 saturated carbocycles.